The van der Waals surface area contributed by atoms with E-state index < -0.39 is 9.84 Å². The molecule has 1 atom stereocenters. The molecule has 0 spiro atoms. The van der Waals surface area contributed by atoms with Crippen molar-refractivity contribution in [2.45, 2.75) is 18.2 Å². The molecule has 1 aromatic carbocycles. The molecular formula is C15H18N2O3S3. The lowest BCUT2D eigenvalue weighted by molar-refractivity contribution is -0.127. The third-order valence-electron chi connectivity index (χ3n) is 3.77. The zero-order valence-electron chi connectivity index (χ0n) is 12.8. The fourth-order valence-electron chi connectivity index (χ4n) is 2.47. The van der Waals surface area contributed by atoms with Gasteiger partial charge < -0.3 is 4.90 Å². The molecule has 1 saturated heterocycles. The molecule has 5 nitrogen and oxygen atoms in total. The van der Waals surface area contributed by atoms with Gasteiger partial charge in [0.15, 0.2) is 9.84 Å². The summed E-state index contributed by atoms with van der Waals surface area (Å²) in [5.41, 5.74) is 0.957. The van der Waals surface area contributed by atoms with Crippen LogP contribution in [-0.4, -0.2) is 53.8 Å². The summed E-state index contributed by atoms with van der Waals surface area (Å²) in [7, 11) is -1.12. The molecule has 0 N–H and O–H groups in total. The van der Waals surface area contributed by atoms with E-state index in [1.807, 2.05) is 24.3 Å². The molecule has 2 aromatic rings. The van der Waals surface area contributed by atoms with Gasteiger partial charge in [-0.1, -0.05) is 12.1 Å². The summed E-state index contributed by atoms with van der Waals surface area (Å²) >= 11 is 3.05. The summed E-state index contributed by atoms with van der Waals surface area (Å²) in [6.45, 7) is 0.488. The van der Waals surface area contributed by atoms with Gasteiger partial charge in [-0.25, -0.2) is 13.4 Å². The van der Waals surface area contributed by atoms with Gasteiger partial charge in [0.2, 0.25) is 5.91 Å². The zero-order chi connectivity index (χ0) is 16.4. The van der Waals surface area contributed by atoms with Gasteiger partial charge in [0.05, 0.1) is 34.0 Å². The molecule has 1 amide bonds. The number of fused-ring (bicyclic) bond motifs is 1. The normalized spacial score (nSPS) is 20.0. The molecule has 8 heteroatoms. The van der Waals surface area contributed by atoms with Gasteiger partial charge in [-0.2, -0.15) is 0 Å². The number of rotatable bonds is 5. The van der Waals surface area contributed by atoms with Crippen molar-refractivity contribution in [1.82, 2.24) is 9.88 Å². The Balaban J connectivity index is 1.53. The zero-order valence-corrected chi connectivity index (χ0v) is 15.2. The summed E-state index contributed by atoms with van der Waals surface area (Å²) in [5.74, 6) is 0.785. The molecule has 0 radical (unpaired) electrons. The lowest BCUT2D eigenvalue weighted by atomic mass is 10.3. The van der Waals surface area contributed by atoms with Crippen molar-refractivity contribution in [3.8, 4) is 0 Å². The molecule has 0 bridgehead atoms. The molecule has 0 unspecified atom stereocenters. The average Bonchev–Trinajstić information content (AvgIpc) is 3.06. The predicted octanol–water partition coefficient (Wildman–Crippen LogP) is 2.17. The van der Waals surface area contributed by atoms with Crippen molar-refractivity contribution in [3.05, 3.63) is 29.3 Å². The van der Waals surface area contributed by atoms with Gasteiger partial charge in [0, 0.05) is 12.3 Å². The molecular weight excluding hydrogens is 352 g/mol. The Bertz CT molecular complexity index is 783. The van der Waals surface area contributed by atoms with Crippen LogP contribution < -0.4 is 0 Å². The minimum atomic E-state index is -2.88. The quantitative estimate of drug-likeness (QED) is 0.807. The Labute approximate surface area is 144 Å². The fourth-order valence-corrected chi connectivity index (χ4v) is 7.07. The first-order valence-corrected chi connectivity index (χ1v) is 11.0. The largest absolute Gasteiger partial charge is 0.338 e. The third kappa shape index (κ3) is 4.24. The van der Waals surface area contributed by atoms with Crippen molar-refractivity contribution >= 4 is 49.1 Å². The third-order valence-corrected chi connectivity index (χ3v) is 8.06. The molecule has 1 aliphatic rings. The molecule has 0 aliphatic carbocycles. The number of para-hydroxylation sites is 1. The second-order valence-corrected chi connectivity index (χ2v) is 10.3. The number of aromatic nitrogens is 1. The number of hydrogen-bond acceptors (Lipinski definition) is 6. The molecule has 0 saturated carbocycles. The summed E-state index contributed by atoms with van der Waals surface area (Å²) in [4.78, 5) is 18.4. The standard InChI is InChI=1S/C15H18N2O3S3/c1-17(8-14-16-12-4-2-3-5-13(12)22-14)15(18)9-21-11-6-7-23(19,20)10-11/h2-5,11H,6-10H2,1H3/t11-/m1/s1. The summed E-state index contributed by atoms with van der Waals surface area (Å²) in [6.07, 6.45) is 0.655. The van der Waals surface area contributed by atoms with E-state index in [-0.39, 0.29) is 22.7 Å². The smallest absolute Gasteiger partial charge is 0.232 e. The van der Waals surface area contributed by atoms with Gasteiger partial charge in [-0.05, 0) is 18.6 Å². The van der Waals surface area contributed by atoms with Crippen LogP contribution in [0.1, 0.15) is 11.4 Å². The van der Waals surface area contributed by atoms with Crippen molar-refractivity contribution in [1.29, 1.82) is 0 Å². The Morgan fingerprint density at radius 1 is 1.43 bits per heavy atom. The average molecular weight is 371 g/mol. The Morgan fingerprint density at radius 3 is 2.91 bits per heavy atom. The second kappa shape index (κ2) is 6.78. The molecule has 1 aromatic heterocycles. The molecule has 1 fully saturated rings. The minimum absolute atomic E-state index is 0.0126. The van der Waals surface area contributed by atoms with E-state index in [1.165, 1.54) is 11.8 Å². The van der Waals surface area contributed by atoms with Crippen LogP contribution in [0.2, 0.25) is 0 Å². The van der Waals surface area contributed by atoms with E-state index in [0.29, 0.717) is 18.7 Å². The van der Waals surface area contributed by atoms with Crippen LogP contribution in [0, 0.1) is 0 Å². The van der Waals surface area contributed by atoms with Crippen LogP contribution in [0.3, 0.4) is 0 Å². The summed E-state index contributed by atoms with van der Waals surface area (Å²) < 4.78 is 24.0. The predicted molar refractivity (Wildman–Crippen MR) is 95.6 cm³/mol. The summed E-state index contributed by atoms with van der Waals surface area (Å²) in [5, 5.41) is 0.968. The van der Waals surface area contributed by atoms with E-state index >= 15 is 0 Å². The highest BCUT2D eigenvalue weighted by atomic mass is 32.2. The maximum Gasteiger partial charge on any atom is 0.232 e. The number of carbonyl (C=O) groups excluding carboxylic acids is 1. The van der Waals surface area contributed by atoms with E-state index in [0.717, 1.165) is 15.2 Å². The van der Waals surface area contributed by atoms with Gasteiger partial charge >= 0.3 is 0 Å². The Morgan fingerprint density at radius 2 is 2.22 bits per heavy atom. The molecule has 23 heavy (non-hydrogen) atoms. The van der Waals surface area contributed by atoms with E-state index in [9.17, 15) is 13.2 Å². The van der Waals surface area contributed by atoms with Crippen molar-refractivity contribution in [2.24, 2.45) is 0 Å². The lowest BCUT2D eigenvalue weighted by Crippen LogP contribution is -2.28. The van der Waals surface area contributed by atoms with Crippen molar-refractivity contribution < 1.29 is 13.2 Å². The maximum atomic E-state index is 12.2. The molecule has 124 valence electrons. The number of carbonyl (C=O) groups is 1. The number of thioether (sulfide) groups is 1. The van der Waals surface area contributed by atoms with Crippen LogP contribution in [0.5, 0.6) is 0 Å². The van der Waals surface area contributed by atoms with Gasteiger partial charge in [-0.3, -0.25) is 4.79 Å². The van der Waals surface area contributed by atoms with Gasteiger partial charge in [0.1, 0.15) is 5.01 Å². The first kappa shape index (κ1) is 16.7. The van der Waals surface area contributed by atoms with E-state index in [2.05, 4.69) is 4.98 Å². The molecule has 3 rings (SSSR count). The lowest BCUT2D eigenvalue weighted by Gasteiger charge is -2.16. The number of hydrogen-bond donors (Lipinski definition) is 0. The first-order chi connectivity index (χ1) is 10.9. The van der Waals surface area contributed by atoms with Crippen LogP contribution in [-0.2, 0) is 21.2 Å². The summed E-state index contributed by atoms with van der Waals surface area (Å²) in [6, 6.07) is 7.92. The van der Waals surface area contributed by atoms with Crippen LogP contribution in [0.4, 0.5) is 0 Å². The van der Waals surface area contributed by atoms with E-state index in [4.69, 9.17) is 0 Å². The number of thiazole rings is 1. The highest BCUT2D eigenvalue weighted by molar-refractivity contribution is 8.02. The highest BCUT2D eigenvalue weighted by Crippen LogP contribution is 2.25. The maximum absolute atomic E-state index is 12.2. The fraction of sp³-hybridized carbons (Fsp3) is 0.467. The first-order valence-electron chi connectivity index (χ1n) is 7.33. The minimum Gasteiger partial charge on any atom is -0.338 e. The molecule has 1 aliphatic heterocycles. The van der Waals surface area contributed by atoms with Crippen LogP contribution >= 0.6 is 23.1 Å². The monoisotopic (exact) mass is 370 g/mol. The number of sulfone groups is 1. The number of amides is 1. The van der Waals surface area contributed by atoms with Gasteiger partial charge in [0.25, 0.3) is 0 Å². The van der Waals surface area contributed by atoms with Crippen LogP contribution in [0.25, 0.3) is 10.2 Å². The Hall–Kier alpha value is -1.12. The Kier molecular flexibility index (Phi) is 4.93. The topological polar surface area (TPSA) is 67.3 Å². The SMILES string of the molecule is CN(Cc1nc2ccccc2s1)C(=O)CS[C@@H]1CCS(=O)(=O)C1. The van der Waals surface area contributed by atoms with E-state index in [1.54, 1.807) is 23.3 Å². The van der Waals surface area contributed by atoms with Crippen LogP contribution in [0.15, 0.2) is 24.3 Å². The van der Waals surface area contributed by atoms with Crippen molar-refractivity contribution in [2.75, 3.05) is 24.3 Å². The number of benzene rings is 1. The number of nitrogens with zero attached hydrogens (tertiary/aromatic N) is 2. The van der Waals surface area contributed by atoms with Crippen molar-refractivity contribution in [3.63, 3.8) is 0 Å². The van der Waals surface area contributed by atoms with Gasteiger partial charge in [-0.15, -0.1) is 23.1 Å². The highest BCUT2D eigenvalue weighted by Gasteiger charge is 2.28. The second-order valence-electron chi connectivity index (χ2n) is 5.66. The molecule has 2 heterocycles.